The van der Waals surface area contributed by atoms with Crippen LogP contribution in [-0.4, -0.2) is 49.8 Å². The molecule has 0 saturated carbocycles. The van der Waals surface area contributed by atoms with Crippen molar-refractivity contribution in [3.63, 3.8) is 0 Å². The van der Waals surface area contributed by atoms with Gasteiger partial charge in [0.15, 0.2) is 0 Å². The summed E-state index contributed by atoms with van der Waals surface area (Å²) >= 11 is 0. The molecule has 0 radical (unpaired) electrons. The van der Waals surface area contributed by atoms with Gasteiger partial charge in [0.2, 0.25) is 0 Å². The lowest BCUT2D eigenvalue weighted by atomic mass is 10.0. The minimum atomic E-state index is 0.453. The van der Waals surface area contributed by atoms with Crippen LogP contribution in [0.25, 0.3) is 0 Å². The van der Waals surface area contributed by atoms with Crippen LogP contribution in [-0.2, 0) is 4.74 Å². The van der Waals surface area contributed by atoms with Gasteiger partial charge in [-0.05, 0) is 32.2 Å². The van der Waals surface area contributed by atoms with Crippen LogP contribution in [0.4, 0.5) is 0 Å². The van der Waals surface area contributed by atoms with Crippen LogP contribution in [0.15, 0.2) is 0 Å². The van der Waals surface area contributed by atoms with Crippen molar-refractivity contribution in [2.75, 3.05) is 32.8 Å². The van der Waals surface area contributed by atoms with Crippen LogP contribution in [0.1, 0.15) is 25.7 Å². The van der Waals surface area contributed by atoms with Gasteiger partial charge in [0.05, 0.1) is 18.7 Å². The highest BCUT2D eigenvalue weighted by Gasteiger charge is 2.23. The SMILES string of the molecule is N#CCNC1CCCN(CC2CCCO2)C1. The van der Waals surface area contributed by atoms with Gasteiger partial charge in [-0.3, -0.25) is 4.90 Å². The molecule has 2 aliphatic heterocycles. The van der Waals surface area contributed by atoms with Crippen LogP contribution >= 0.6 is 0 Å². The van der Waals surface area contributed by atoms with Gasteiger partial charge in [-0.2, -0.15) is 5.26 Å². The molecular formula is C12H21N3O. The van der Waals surface area contributed by atoms with E-state index in [1.807, 2.05) is 0 Å². The molecule has 4 nitrogen and oxygen atoms in total. The molecule has 2 fully saturated rings. The van der Waals surface area contributed by atoms with Crippen molar-refractivity contribution in [3.05, 3.63) is 0 Å². The van der Waals surface area contributed by atoms with Gasteiger partial charge < -0.3 is 10.1 Å². The zero-order chi connectivity index (χ0) is 11.2. The van der Waals surface area contributed by atoms with Gasteiger partial charge in [0.1, 0.15) is 0 Å². The van der Waals surface area contributed by atoms with Crippen LogP contribution in [0.3, 0.4) is 0 Å². The summed E-state index contributed by atoms with van der Waals surface area (Å²) in [6, 6.07) is 2.64. The van der Waals surface area contributed by atoms with Crippen molar-refractivity contribution in [3.8, 4) is 6.07 Å². The lowest BCUT2D eigenvalue weighted by Crippen LogP contribution is -2.47. The molecule has 2 unspecified atom stereocenters. The highest BCUT2D eigenvalue weighted by molar-refractivity contribution is 4.84. The average molecular weight is 223 g/mol. The van der Waals surface area contributed by atoms with Gasteiger partial charge in [-0.15, -0.1) is 0 Å². The number of ether oxygens (including phenoxy) is 1. The molecule has 90 valence electrons. The molecule has 0 aromatic carbocycles. The second-order valence-corrected chi connectivity index (χ2v) is 4.77. The van der Waals surface area contributed by atoms with E-state index in [1.165, 1.54) is 32.2 Å². The van der Waals surface area contributed by atoms with E-state index in [0.29, 0.717) is 18.7 Å². The lowest BCUT2D eigenvalue weighted by Gasteiger charge is -2.34. The maximum absolute atomic E-state index is 8.55. The van der Waals surface area contributed by atoms with E-state index < -0.39 is 0 Å². The Morgan fingerprint density at radius 2 is 2.31 bits per heavy atom. The Balaban J connectivity index is 1.71. The number of hydrogen-bond acceptors (Lipinski definition) is 4. The molecule has 2 aliphatic rings. The molecule has 0 aliphatic carbocycles. The van der Waals surface area contributed by atoms with E-state index in [2.05, 4.69) is 16.3 Å². The number of nitriles is 1. The first-order valence-electron chi connectivity index (χ1n) is 6.33. The molecule has 0 aromatic rings. The number of hydrogen-bond donors (Lipinski definition) is 1. The summed E-state index contributed by atoms with van der Waals surface area (Å²) in [5.41, 5.74) is 0. The Bertz CT molecular complexity index is 245. The van der Waals surface area contributed by atoms with Crippen molar-refractivity contribution < 1.29 is 4.74 Å². The number of likely N-dealkylation sites (tertiary alicyclic amines) is 1. The summed E-state index contributed by atoms with van der Waals surface area (Å²) in [5.74, 6) is 0. The summed E-state index contributed by atoms with van der Waals surface area (Å²) in [5, 5.41) is 11.8. The predicted octanol–water partition coefficient (Wildman–Crippen LogP) is 0.743. The number of nitrogens with one attached hydrogen (secondary N) is 1. The van der Waals surface area contributed by atoms with E-state index in [1.54, 1.807) is 0 Å². The number of piperidine rings is 1. The quantitative estimate of drug-likeness (QED) is 0.714. The molecule has 2 atom stereocenters. The molecule has 16 heavy (non-hydrogen) atoms. The van der Waals surface area contributed by atoms with Crippen molar-refractivity contribution in [2.24, 2.45) is 0 Å². The maximum Gasteiger partial charge on any atom is 0.0843 e. The largest absolute Gasteiger partial charge is 0.377 e. The third-order valence-corrected chi connectivity index (χ3v) is 3.46. The zero-order valence-electron chi connectivity index (χ0n) is 9.82. The number of rotatable bonds is 4. The van der Waals surface area contributed by atoms with E-state index >= 15 is 0 Å². The third kappa shape index (κ3) is 3.44. The monoisotopic (exact) mass is 223 g/mol. The normalized spacial score (nSPS) is 31.4. The van der Waals surface area contributed by atoms with Crippen LogP contribution in [0, 0.1) is 11.3 Å². The molecule has 4 heteroatoms. The van der Waals surface area contributed by atoms with Crippen molar-refractivity contribution >= 4 is 0 Å². The first-order valence-corrected chi connectivity index (χ1v) is 6.33. The Morgan fingerprint density at radius 1 is 1.38 bits per heavy atom. The molecule has 2 heterocycles. The van der Waals surface area contributed by atoms with Crippen molar-refractivity contribution in [2.45, 2.75) is 37.8 Å². The summed E-state index contributed by atoms with van der Waals surface area (Å²) in [6.45, 7) is 4.74. The summed E-state index contributed by atoms with van der Waals surface area (Å²) in [6.07, 6.45) is 5.32. The highest BCUT2D eigenvalue weighted by atomic mass is 16.5. The van der Waals surface area contributed by atoms with Crippen LogP contribution < -0.4 is 5.32 Å². The van der Waals surface area contributed by atoms with E-state index in [4.69, 9.17) is 10.00 Å². The average Bonchev–Trinajstić information content (AvgIpc) is 2.80. The van der Waals surface area contributed by atoms with E-state index in [-0.39, 0.29) is 0 Å². The van der Waals surface area contributed by atoms with Crippen molar-refractivity contribution in [1.82, 2.24) is 10.2 Å². The fraction of sp³-hybridized carbons (Fsp3) is 0.917. The fourth-order valence-corrected chi connectivity index (χ4v) is 2.65. The summed E-state index contributed by atoms with van der Waals surface area (Å²) in [7, 11) is 0. The Labute approximate surface area is 97.6 Å². The predicted molar refractivity (Wildman–Crippen MR) is 62.1 cm³/mol. The molecule has 0 spiro atoms. The maximum atomic E-state index is 8.55. The molecule has 0 bridgehead atoms. The minimum Gasteiger partial charge on any atom is -0.377 e. The molecule has 1 N–H and O–H groups in total. The van der Waals surface area contributed by atoms with Gasteiger partial charge in [0, 0.05) is 25.7 Å². The Morgan fingerprint density at radius 3 is 3.06 bits per heavy atom. The smallest absolute Gasteiger partial charge is 0.0843 e. The highest BCUT2D eigenvalue weighted by Crippen LogP contribution is 2.16. The zero-order valence-corrected chi connectivity index (χ0v) is 9.82. The summed E-state index contributed by atoms with van der Waals surface area (Å²) in [4.78, 5) is 2.48. The van der Waals surface area contributed by atoms with E-state index in [0.717, 1.165) is 19.7 Å². The minimum absolute atomic E-state index is 0.453. The Hall–Kier alpha value is -0.630. The molecular weight excluding hydrogens is 202 g/mol. The van der Waals surface area contributed by atoms with Crippen molar-refractivity contribution in [1.29, 1.82) is 5.26 Å². The van der Waals surface area contributed by atoms with E-state index in [9.17, 15) is 0 Å². The fourth-order valence-electron chi connectivity index (χ4n) is 2.65. The first-order chi connectivity index (χ1) is 7.88. The first kappa shape index (κ1) is 11.8. The summed E-state index contributed by atoms with van der Waals surface area (Å²) < 4.78 is 5.66. The molecule has 0 amide bonds. The number of nitrogens with zero attached hydrogens (tertiary/aromatic N) is 2. The lowest BCUT2D eigenvalue weighted by molar-refractivity contribution is 0.0613. The van der Waals surface area contributed by atoms with Gasteiger partial charge in [0.25, 0.3) is 0 Å². The molecule has 0 aromatic heterocycles. The van der Waals surface area contributed by atoms with Crippen LogP contribution in [0.2, 0.25) is 0 Å². The van der Waals surface area contributed by atoms with Gasteiger partial charge in [-0.25, -0.2) is 0 Å². The van der Waals surface area contributed by atoms with Gasteiger partial charge in [-0.1, -0.05) is 0 Å². The van der Waals surface area contributed by atoms with Gasteiger partial charge >= 0.3 is 0 Å². The van der Waals surface area contributed by atoms with Crippen LogP contribution in [0.5, 0.6) is 0 Å². The second kappa shape index (κ2) is 6.19. The topological polar surface area (TPSA) is 48.3 Å². The Kier molecular flexibility index (Phi) is 4.58. The second-order valence-electron chi connectivity index (χ2n) is 4.77. The third-order valence-electron chi connectivity index (χ3n) is 3.46. The molecule has 2 saturated heterocycles. The standard InChI is InChI=1S/C12H21N3O/c13-5-6-14-11-3-1-7-15(9-11)10-12-4-2-8-16-12/h11-12,14H,1-4,6-10H2. The molecule has 2 rings (SSSR count).